The van der Waals surface area contributed by atoms with Crippen LogP contribution in [0.3, 0.4) is 0 Å². The molecule has 0 amide bonds. The second-order valence-electron chi connectivity index (χ2n) is 4.44. The molecule has 1 N–H and O–H groups in total. The number of alkyl halides is 3. The standard InChI is InChI=1S/C12H12F5N/c13-8-1-2-10(14)9(6-8)11-5-7(3-4-18-11)12(15,16)17/h1-2,6-7,11,18H,3-5H2. The van der Waals surface area contributed by atoms with Gasteiger partial charge in [0.25, 0.3) is 0 Å². The summed E-state index contributed by atoms with van der Waals surface area (Å²) < 4.78 is 64.4. The van der Waals surface area contributed by atoms with Crippen molar-refractivity contribution in [1.82, 2.24) is 5.32 Å². The molecule has 1 aromatic rings. The number of piperidine rings is 1. The van der Waals surface area contributed by atoms with Crippen LogP contribution in [0, 0.1) is 17.6 Å². The molecular formula is C12H12F5N. The number of halogens is 5. The van der Waals surface area contributed by atoms with E-state index in [-0.39, 0.29) is 24.9 Å². The molecule has 0 bridgehead atoms. The van der Waals surface area contributed by atoms with Crippen LogP contribution in [0.4, 0.5) is 22.0 Å². The molecule has 0 radical (unpaired) electrons. The first kappa shape index (κ1) is 13.3. The SMILES string of the molecule is Fc1ccc(F)c(C2CC(C(F)(F)F)CCN2)c1. The highest BCUT2D eigenvalue weighted by atomic mass is 19.4. The lowest BCUT2D eigenvalue weighted by atomic mass is 9.88. The van der Waals surface area contributed by atoms with E-state index in [1.807, 2.05) is 0 Å². The average molecular weight is 265 g/mol. The summed E-state index contributed by atoms with van der Waals surface area (Å²) >= 11 is 0. The van der Waals surface area contributed by atoms with Crippen LogP contribution in [0.1, 0.15) is 24.4 Å². The zero-order valence-corrected chi connectivity index (χ0v) is 9.40. The predicted octanol–water partition coefficient (Wildman–Crippen LogP) is 3.57. The molecule has 1 aromatic carbocycles. The fourth-order valence-corrected chi connectivity index (χ4v) is 2.23. The Morgan fingerprint density at radius 1 is 1.17 bits per heavy atom. The van der Waals surface area contributed by atoms with Crippen molar-refractivity contribution in [2.45, 2.75) is 25.1 Å². The highest BCUT2D eigenvalue weighted by Crippen LogP contribution is 2.38. The van der Waals surface area contributed by atoms with Gasteiger partial charge in [0, 0.05) is 11.6 Å². The first-order valence-electron chi connectivity index (χ1n) is 5.63. The number of rotatable bonds is 1. The van der Waals surface area contributed by atoms with Gasteiger partial charge in [-0.2, -0.15) is 13.2 Å². The molecule has 1 aliphatic heterocycles. The topological polar surface area (TPSA) is 12.0 Å². The van der Waals surface area contributed by atoms with Gasteiger partial charge in [-0.05, 0) is 37.6 Å². The minimum Gasteiger partial charge on any atom is -0.310 e. The summed E-state index contributed by atoms with van der Waals surface area (Å²) in [6.07, 6.45) is -4.58. The number of benzene rings is 1. The van der Waals surface area contributed by atoms with Crippen LogP contribution in [0.15, 0.2) is 18.2 Å². The van der Waals surface area contributed by atoms with E-state index in [9.17, 15) is 22.0 Å². The molecule has 1 saturated heterocycles. The molecule has 2 atom stereocenters. The van der Waals surface area contributed by atoms with Crippen molar-refractivity contribution in [2.24, 2.45) is 5.92 Å². The van der Waals surface area contributed by atoms with Crippen molar-refractivity contribution in [3.8, 4) is 0 Å². The van der Waals surface area contributed by atoms with Crippen molar-refractivity contribution in [2.75, 3.05) is 6.54 Å². The number of hydrogen-bond donors (Lipinski definition) is 1. The van der Waals surface area contributed by atoms with Crippen LogP contribution < -0.4 is 5.32 Å². The lowest BCUT2D eigenvalue weighted by molar-refractivity contribution is -0.183. The number of hydrogen-bond acceptors (Lipinski definition) is 1. The molecule has 1 aliphatic rings. The minimum absolute atomic E-state index is 0.0308. The van der Waals surface area contributed by atoms with E-state index in [1.54, 1.807) is 0 Å². The first-order chi connectivity index (χ1) is 8.38. The number of nitrogens with one attached hydrogen (secondary N) is 1. The largest absolute Gasteiger partial charge is 0.391 e. The molecule has 18 heavy (non-hydrogen) atoms. The highest BCUT2D eigenvalue weighted by molar-refractivity contribution is 5.23. The summed E-state index contributed by atoms with van der Waals surface area (Å²) in [6, 6.07) is 2.04. The monoisotopic (exact) mass is 265 g/mol. The van der Waals surface area contributed by atoms with Gasteiger partial charge < -0.3 is 5.32 Å². The van der Waals surface area contributed by atoms with Crippen molar-refractivity contribution >= 4 is 0 Å². The van der Waals surface area contributed by atoms with Gasteiger partial charge in [-0.1, -0.05) is 0 Å². The minimum atomic E-state index is -4.29. The third-order valence-corrected chi connectivity index (χ3v) is 3.20. The Hall–Kier alpha value is -1.17. The summed E-state index contributed by atoms with van der Waals surface area (Å²) in [4.78, 5) is 0. The lowest BCUT2D eigenvalue weighted by Crippen LogP contribution is -2.38. The second-order valence-corrected chi connectivity index (χ2v) is 4.44. The molecule has 100 valence electrons. The van der Waals surface area contributed by atoms with E-state index in [1.165, 1.54) is 0 Å². The summed E-state index contributed by atoms with van der Waals surface area (Å²) in [7, 11) is 0. The third kappa shape index (κ3) is 2.80. The van der Waals surface area contributed by atoms with Crippen LogP contribution in [0.25, 0.3) is 0 Å². The Balaban J connectivity index is 2.21. The maximum Gasteiger partial charge on any atom is 0.391 e. The Morgan fingerprint density at radius 3 is 2.56 bits per heavy atom. The van der Waals surface area contributed by atoms with Gasteiger partial charge in [0.2, 0.25) is 0 Å². The maximum atomic E-state index is 13.5. The van der Waals surface area contributed by atoms with Crippen LogP contribution in [0.2, 0.25) is 0 Å². The maximum absolute atomic E-state index is 13.5. The van der Waals surface area contributed by atoms with E-state index in [4.69, 9.17) is 0 Å². The van der Waals surface area contributed by atoms with Gasteiger partial charge in [-0.15, -0.1) is 0 Å². The molecular weight excluding hydrogens is 253 g/mol. The highest BCUT2D eigenvalue weighted by Gasteiger charge is 2.42. The Labute approximate surface area is 101 Å². The van der Waals surface area contributed by atoms with E-state index >= 15 is 0 Å². The van der Waals surface area contributed by atoms with Gasteiger partial charge >= 0.3 is 6.18 Å². The van der Waals surface area contributed by atoms with Crippen LogP contribution >= 0.6 is 0 Å². The Kier molecular flexibility index (Phi) is 3.56. The fraction of sp³-hybridized carbons (Fsp3) is 0.500. The molecule has 2 unspecified atom stereocenters. The van der Waals surface area contributed by atoms with Gasteiger partial charge in [0.05, 0.1) is 5.92 Å². The second kappa shape index (κ2) is 4.84. The van der Waals surface area contributed by atoms with Crippen molar-refractivity contribution in [3.05, 3.63) is 35.4 Å². The molecule has 1 fully saturated rings. The van der Waals surface area contributed by atoms with Crippen molar-refractivity contribution in [1.29, 1.82) is 0 Å². The summed E-state index contributed by atoms with van der Waals surface area (Å²) in [6.45, 7) is 0.144. The van der Waals surface area contributed by atoms with Crippen molar-refractivity contribution < 1.29 is 22.0 Å². The Morgan fingerprint density at radius 2 is 1.89 bits per heavy atom. The van der Waals surface area contributed by atoms with E-state index in [2.05, 4.69) is 5.32 Å². The molecule has 1 heterocycles. The first-order valence-corrected chi connectivity index (χ1v) is 5.63. The zero-order valence-electron chi connectivity index (χ0n) is 9.40. The van der Waals surface area contributed by atoms with Gasteiger partial charge in [-0.3, -0.25) is 0 Å². The normalized spacial score (nSPS) is 25.2. The van der Waals surface area contributed by atoms with E-state index in [0.29, 0.717) is 0 Å². The van der Waals surface area contributed by atoms with Crippen molar-refractivity contribution in [3.63, 3.8) is 0 Å². The quantitative estimate of drug-likeness (QED) is 0.765. The molecule has 1 nitrogen and oxygen atoms in total. The van der Waals surface area contributed by atoms with E-state index in [0.717, 1.165) is 18.2 Å². The summed E-state index contributed by atoms with van der Waals surface area (Å²) in [5, 5.41) is 2.80. The molecule has 0 saturated carbocycles. The third-order valence-electron chi connectivity index (χ3n) is 3.20. The van der Waals surface area contributed by atoms with Gasteiger partial charge in [-0.25, -0.2) is 8.78 Å². The van der Waals surface area contributed by atoms with Crippen LogP contribution in [0.5, 0.6) is 0 Å². The Bertz CT molecular complexity index is 429. The average Bonchev–Trinajstić information content (AvgIpc) is 2.31. The lowest BCUT2D eigenvalue weighted by Gasteiger charge is -2.32. The molecule has 2 rings (SSSR count). The molecule has 0 aromatic heterocycles. The summed E-state index contributed by atoms with van der Waals surface area (Å²) in [5.41, 5.74) is -0.0380. The van der Waals surface area contributed by atoms with E-state index < -0.39 is 29.8 Å². The molecule has 0 aliphatic carbocycles. The molecule has 0 spiro atoms. The van der Waals surface area contributed by atoms with Gasteiger partial charge in [0.15, 0.2) is 0 Å². The molecule has 6 heteroatoms. The van der Waals surface area contributed by atoms with Gasteiger partial charge in [0.1, 0.15) is 11.6 Å². The van der Waals surface area contributed by atoms with Crippen LogP contribution in [-0.2, 0) is 0 Å². The predicted molar refractivity (Wildman–Crippen MR) is 55.9 cm³/mol. The summed E-state index contributed by atoms with van der Waals surface area (Å²) in [5.74, 6) is -2.80. The smallest absolute Gasteiger partial charge is 0.310 e. The fourth-order valence-electron chi connectivity index (χ4n) is 2.23. The zero-order chi connectivity index (χ0) is 13.3. The van der Waals surface area contributed by atoms with Crippen LogP contribution in [-0.4, -0.2) is 12.7 Å².